The highest BCUT2D eigenvalue weighted by Gasteiger charge is 2.22. The van der Waals surface area contributed by atoms with Crippen molar-refractivity contribution < 1.29 is 29.1 Å². The molecule has 5 amide bonds. The lowest BCUT2D eigenvalue weighted by atomic mass is 10.0. The smallest absolute Gasteiger partial charge is 0.246 e. The van der Waals surface area contributed by atoms with Crippen molar-refractivity contribution in [1.82, 2.24) is 21.3 Å². The topological polar surface area (TPSA) is 166 Å². The number of aliphatic hydroxyl groups is 1. The summed E-state index contributed by atoms with van der Waals surface area (Å²) in [4.78, 5) is 62.1. The lowest BCUT2D eigenvalue weighted by molar-refractivity contribution is -0.130. The molecule has 0 saturated heterocycles. The van der Waals surface area contributed by atoms with Crippen molar-refractivity contribution in [2.24, 2.45) is 5.92 Å². The highest BCUT2D eigenvalue weighted by atomic mass is 79.9. The van der Waals surface area contributed by atoms with Gasteiger partial charge in [0.1, 0.15) is 12.1 Å². The van der Waals surface area contributed by atoms with Gasteiger partial charge in [-0.3, -0.25) is 24.0 Å². The Balaban J connectivity index is 1.85. The first-order valence-corrected chi connectivity index (χ1v) is 16.4. The van der Waals surface area contributed by atoms with Crippen molar-refractivity contribution in [3.8, 4) is 0 Å². The maximum Gasteiger partial charge on any atom is 0.246 e. The number of aliphatic hydroxyl groups excluding tert-OH is 1. The largest absolute Gasteiger partial charge is 0.392 e. The lowest BCUT2D eigenvalue weighted by Crippen LogP contribution is -2.51. The van der Waals surface area contributed by atoms with Crippen molar-refractivity contribution in [2.75, 3.05) is 23.7 Å². The van der Waals surface area contributed by atoms with E-state index in [1.54, 1.807) is 12.1 Å². The number of anilines is 1. The molecule has 0 aliphatic rings. The van der Waals surface area contributed by atoms with Crippen LogP contribution in [0.15, 0.2) is 48.5 Å². The molecular weight excluding hydrogens is 642 g/mol. The third kappa shape index (κ3) is 14.7. The van der Waals surface area contributed by atoms with Crippen molar-refractivity contribution in [3.63, 3.8) is 0 Å². The lowest BCUT2D eigenvalue weighted by Gasteiger charge is -2.19. The Kier molecular flexibility index (Phi) is 16.9. The molecule has 2 unspecified atom stereocenters. The van der Waals surface area contributed by atoms with Crippen LogP contribution in [-0.4, -0.2) is 65.1 Å². The van der Waals surface area contributed by atoms with Crippen LogP contribution in [0.25, 0.3) is 0 Å². The van der Waals surface area contributed by atoms with Crippen LogP contribution in [-0.2, 0) is 37.0 Å². The van der Waals surface area contributed by atoms with E-state index in [2.05, 4.69) is 56.4 Å². The number of benzene rings is 2. The second kappa shape index (κ2) is 20.3. The Morgan fingerprint density at radius 2 is 1.53 bits per heavy atom. The number of amides is 5. The quantitative estimate of drug-likeness (QED) is 0.0982. The molecule has 0 heterocycles. The van der Waals surface area contributed by atoms with Gasteiger partial charge < -0.3 is 31.7 Å². The summed E-state index contributed by atoms with van der Waals surface area (Å²) in [5.41, 5.74) is 3.03. The molecule has 0 spiro atoms. The first kappa shape index (κ1) is 37.4. The van der Waals surface area contributed by atoms with Gasteiger partial charge in [-0.25, -0.2) is 0 Å². The Morgan fingerprint density at radius 3 is 2.20 bits per heavy atom. The third-order valence-electron chi connectivity index (χ3n) is 7.01. The fourth-order valence-corrected chi connectivity index (χ4v) is 4.58. The molecule has 45 heavy (non-hydrogen) atoms. The monoisotopic (exact) mass is 687 g/mol. The van der Waals surface area contributed by atoms with Gasteiger partial charge in [-0.15, -0.1) is 0 Å². The number of halogens is 1. The molecule has 0 bridgehead atoms. The van der Waals surface area contributed by atoms with Crippen molar-refractivity contribution >= 4 is 51.2 Å². The predicted octanol–water partition coefficient (Wildman–Crippen LogP) is 2.93. The van der Waals surface area contributed by atoms with E-state index in [0.29, 0.717) is 55.8 Å². The zero-order valence-electron chi connectivity index (χ0n) is 26.3. The van der Waals surface area contributed by atoms with Crippen LogP contribution in [0.1, 0.15) is 69.6 Å². The summed E-state index contributed by atoms with van der Waals surface area (Å²) in [6.07, 6.45) is 3.45. The maximum atomic E-state index is 12.9. The summed E-state index contributed by atoms with van der Waals surface area (Å²) in [5, 5.41) is 23.1. The Morgan fingerprint density at radius 1 is 0.800 bits per heavy atom. The molecule has 2 atom stereocenters. The fraction of sp³-hybridized carbons (Fsp3) is 0.485. The average molecular weight is 689 g/mol. The maximum absolute atomic E-state index is 12.9. The van der Waals surface area contributed by atoms with E-state index in [9.17, 15) is 29.1 Å². The minimum Gasteiger partial charge on any atom is -0.392 e. The van der Waals surface area contributed by atoms with E-state index in [1.165, 1.54) is 6.92 Å². The first-order valence-electron chi connectivity index (χ1n) is 15.3. The van der Waals surface area contributed by atoms with Gasteiger partial charge in [-0.1, -0.05) is 72.2 Å². The van der Waals surface area contributed by atoms with Crippen molar-refractivity contribution in [2.45, 2.75) is 78.0 Å². The number of unbranched alkanes of at least 4 members (excludes halogenated alkanes) is 1. The Bertz CT molecular complexity index is 1270. The molecular formula is C33H46BrN5O6. The van der Waals surface area contributed by atoms with Crippen LogP contribution in [0.2, 0.25) is 0 Å². The van der Waals surface area contributed by atoms with Crippen molar-refractivity contribution in [1.29, 1.82) is 0 Å². The summed E-state index contributed by atoms with van der Waals surface area (Å²) in [5.74, 6) is -1.53. The third-order valence-corrected chi connectivity index (χ3v) is 7.52. The minimum absolute atomic E-state index is 0.00933. The van der Waals surface area contributed by atoms with Crippen LogP contribution in [0.3, 0.4) is 0 Å². The molecule has 11 nitrogen and oxygen atoms in total. The zero-order valence-corrected chi connectivity index (χ0v) is 27.9. The van der Waals surface area contributed by atoms with Gasteiger partial charge in [0.05, 0.1) is 18.5 Å². The van der Waals surface area contributed by atoms with E-state index in [1.807, 2.05) is 36.4 Å². The summed E-state index contributed by atoms with van der Waals surface area (Å²) in [6.45, 7) is 5.44. The molecule has 2 aromatic carbocycles. The van der Waals surface area contributed by atoms with E-state index in [-0.39, 0.29) is 23.8 Å². The fourth-order valence-electron chi connectivity index (χ4n) is 4.42. The highest BCUT2D eigenvalue weighted by Crippen LogP contribution is 2.20. The SMILES string of the molecule is CC(C)CCC(=O)NCCCCC(NC(=O)CBr)C(=O)NCC(=O)NC(C)C(=O)Nc1cc(Cc2ccccc2)ccc1CO. The van der Waals surface area contributed by atoms with E-state index < -0.39 is 36.3 Å². The second-order valence-electron chi connectivity index (χ2n) is 11.3. The molecule has 12 heteroatoms. The molecule has 0 radical (unpaired) electrons. The average Bonchev–Trinajstić information content (AvgIpc) is 3.02. The van der Waals surface area contributed by atoms with Gasteiger partial charge in [-0.2, -0.15) is 0 Å². The summed E-state index contributed by atoms with van der Waals surface area (Å²) in [7, 11) is 0. The van der Waals surface area contributed by atoms with Gasteiger partial charge in [0, 0.05) is 24.2 Å². The number of carbonyl (C=O) groups excluding carboxylic acids is 5. The van der Waals surface area contributed by atoms with Crippen LogP contribution in [0.5, 0.6) is 0 Å². The van der Waals surface area contributed by atoms with E-state index >= 15 is 0 Å². The molecule has 0 aromatic heterocycles. The van der Waals surface area contributed by atoms with Gasteiger partial charge in [-0.05, 0) is 62.1 Å². The van der Waals surface area contributed by atoms with Crippen molar-refractivity contribution in [3.05, 3.63) is 65.2 Å². The number of alkyl halides is 1. The number of carbonyl (C=O) groups is 5. The summed E-state index contributed by atoms with van der Waals surface area (Å²) >= 11 is 3.07. The van der Waals surface area contributed by atoms with Gasteiger partial charge in [0.25, 0.3) is 0 Å². The van der Waals surface area contributed by atoms with E-state index in [0.717, 1.165) is 17.5 Å². The molecule has 0 fully saturated rings. The Hall–Kier alpha value is -3.77. The Labute approximate surface area is 273 Å². The molecule has 246 valence electrons. The van der Waals surface area contributed by atoms with Gasteiger partial charge in [0.15, 0.2) is 0 Å². The van der Waals surface area contributed by atoms with Crippen LogP contribution in [0, 0.1) is 5.92 Å². The number of hydrogen-bond acceptors (Lipinski definition) is 6. The van der Waals surface area contributed by atoms with Crippen LogP contribution >= 0.6 is 15.9 Å². The molecule has 0 aliphatic heterocycles. The number of nitrogens with one attached hydrogen (secondary N) is 5. The normalized spacial score (nSPS) is 12.1. The molecule has 6 N–H and O–H groups in total. The highest BCUT2D eigenvalue weighted by molar-refractivity contribution is 9.09. The van der Waals surface area contributed by atoms with Crippen LogP contribution < -0.4 is 26.6 Å². The molecule has 2 aromatic rings. The number of hydrogen-bond donors (Lipinski definition) is 6. The number of rotatable bonds is 19. The summed E-state index contributed by atoms with van der Waals surface area (Å²) in [6, 6.07) is 13.5. The van der Waals surface area contributed by atoms with Crippen LogP contribution in [0.4, 0.5) is 5.69 Å². The van der Waals surface area contributed by atoms with Gasteiger partial charge >= 0.3 is 0 Å². The summed E-state index contributed by atoms with van der Waals surface area (Å²) < 4.78 is 0. The predicted molar refractivity (Wildman–Crippen MR) is 178 cm³/mol. The second-order valence-corrected chi connectivity index (χ2v) is 11.9. The van der Waals surface area contributed by atoms with Gasteiger partial charge in [0.2, 0.25) is 29.5 Å². The minimum atomic E-state index is -0.932. The molecule has 0 saturated carbocycles. The molecule has 0 aliphatic carbocycles. The van der Waals surface area contributed by atoms with E-state index in [4.69, 9.17) is 0 Å². The standard InChI is InChI=1S/C33H46BrN5O6/c1-22(2)12-15-29(41)35-16-8-7-11-27(38-30(42)19-34)33(45)36-20-31(43)37-23(3)32(44)39-28-18-25(13-14-26(28)21-40)17-24-9-5-4-6-10-24/h4-6,9-10,13-14,18,22-23,27,40H,7-8,11-12,15-17,19-21H2,1-3H3,(H,35,41)(H,36,45)(H,37,43)(H,38,42)(H,39,44). The first-order chi connectivity index (χ1) is 21.5. The molecule has 2 rings (SSSR count). The zero-order chi connectivity index (χ0) is 33.2.